The van der Waals surface area contributed by atoms with Crippen LogP contribution in [-0.2, 0) is 9.53 Å². The van der Waals surface area contributed by atoms with Crippen molar-refractivity contribution in [2.24, 2.45) is 0 Å². The Hall–Kier alpha value is -4.88. The van der Waals surface area contributed by atoms with Gasteiger partial charge in [-0.3, -0.25) is 15.3 Å². The number of anilines is 1. The van der Waals surface area contributed by atoms with E-state index in [9.17, 15) is 19.1 Å². The third-order valence-corrected chi connectivity index (χ3v) is 4.66. The van der Waals surface area contributed by atoms with Gasteiger partial charge in [0, 0.05) is 11.8 Å². The summed E-state index contributed by atoms with van der Waals surface area (Å²) in [5.74, 6) is -2.08. The Morgan fingerprint density at radius 1 is 1.06 bits per heavy atom. The van der Waals surface area contributed by atoms with E-state index < -0.39 is 35.8 Å². The predicted octanol–water partition coefficient (Wildman–Crippen LogP) is 4.20. The van der Waals surface area contributed by atoms with Crippen LogP contribution in [0.15, 0.2) is 84.9 Å². The number of halogens is 1. The van der Waals surface area contributed by atoms with Crippen molar-refractivity contribution in [1.82, 2.24) is 5.48 Å². The first-order valence-corrected chi connectivity index (χ1v) is 10.2. The van der Waals surface area contributed by atoms with Crippen LogP contribution in [0.4, 0.5) is 14.9 Å². The molecule has 178 valence electrons. The van der Waals surface area contributed by atoms with E-state index in [1.165, 1.54) is 41.9 Å². The van der Waals surface area contributed by atoms with Gasteiger partial charge >= 0.3 is 6.09 Å². The molecular weight excluding hydrogens is 457 g/mol. The fourth-order valence-electron chi connectivity index (χ4n) is 2.99. The SMILES string of the molecule is N#Cc1ccc(NC(=O)O[C@@H](c2ccc(O)c(F)c2)[C@H](/C=C/C(=O)NO)Oc2ccccc2)cc1. The lowest BCUT2D eigenvalue weighted by molar-refractivity contribution is -0.124. The number of rotatable bonds is 8. The summed E-state index contributed by atoms with van der Waals surface area (Å²) >= 11 is 0. The minimum Gasteiger partial charge on any atom is -0.505 e. The molecule has 3 aromatic rings. The normalized spacial score (nSPS) is 12.3. The molecule has 10 heteroatoms. The number of carbonyl (C=O) groups is 2. The van der Waals surface area contributed by atoms with E-state index >= 15 is 0 Å². The van der Waals surface area contributed by atoms with Crippen molar-refractivity contribution in [1.29, 1.82) is 5.26 Å². The quantitative estimate of drug-likeness (QED) is 0.216. The zero-order chi connectivity index (χ0) is 25.2. The molecule has 0 unspecified atom stereocenters. The van der Waals surface area contributed by atoms with Crippen molar-refractivity contribution in [3.05, 3.63) is 102 Å². The number of hydrogen-bond acceptors (Lipinski definition) is 7. The molecule has 3 rings (SSSR count). The second kappa shape index (κ2) is 11.8. The zero-order valence-corrected chi connectivity index (χ0v) is 18.1. The van der Waals surface area contributed by atoms with Gasteiger partial charge < -0.3 is 14.6 Å². The number of hydroxylamine groups is 1. The maximum atomic E-state index is 14.2. The number of nitrogens with zero attached hydrogens (tertiary/aromatic N) is 1. The molecule has 0 aliphatic rings. The van der Waals surface area contributed by atoms with Crippen molar-refractivity contribution in [3.8, 4) is 17.6 Å². The van der Waals surface area contributed by atoms with E-state index in [1.54, 1.807) is 30.3 Å². The Morgan fingerprint density at radius 3 is 2.40 bits per heavy atom. The molecule has 2 atom stereocenters. The van der Waals surface area contributed by atoms with Gasteiger partial charge in [0.15, 0.2) is 23.8 Å². The molecule has 0 heterocycles. The van der Waals surface area contributed by atoms with Gasteiger partial charge in [0.25, 0.3) is 5.91 Å². The summed E-state index contributed by atoms with van der Waals surface area (Å²) in [7, 11) is 0. The molecule has 0 aliphatic carbocycles. The smallest absolute Gasteiger partial charge is 0.412 e. The number of nitrogens with one attached hydrogen (secondary N) is 2. The molecule has 3 aromatic carbocycles. The van der Waals surface area contributed by atoms with Gasteiger partial charge in [0.2, 0.25) is 0 Å². The highest BCUT2D eigenvalue weighted by Gasteiger charge is 2.29. The molecule has 9 nitrogen and oxygen atoms in total. The van der Waals surface area contributed by atoms with Crippen LogP contribution < -0.4 is 15.5 Å². The van der Waals surface area contributed by atoms with Crippen LogP contribution in [0, 0.1) is 17.1 Å². The summed E-state index contributed by atoms with van der Waals surface area (Å²) in [6.45, 7) is 0. The van der Waals surface area contributed by atoms with Gasteiger partial charge in [-0.2, -0.15) is 5.26 Å². The lowest BCUT2D eigenvalue weighted by Gasteiger charge is -2.26. The molecule has 0 saturated heterocycles. The van der Waals surface area contributed by atoms with Crippen LogP contribution in [0.25, 0.3) is 0 Å². The molecule has 0 radical (unpaired) electrons. The molecule has 0 aromatic heterocycles. The third kappa shape index (κ3) is 7.05. The predicted molar refractivity (Wildman–Crippen MR) is 122 cm³/mol. The fraction of sp³-hybridized carbons (Fsp3) is 0.0800. The lowest BCUT2D eigenvalue weighted by Crippen LogP contribution is -2.30. The average molecular weight is 477 g/mol. The van der Waals surface area contributed by atoms with E-state index in [0.29, 0.717) is 17.0 Å². The number of ether oxygens (including phenoxy) is 2. The molecule has 0 saturated carbocycles. The molecule has 2 amide bonds. The van der Waals surface area contributed by atoms with Crippen molar-refractivity contribution >= 4 is 17.7 Å². The Morgan fingerprint density at radius 2 is 1.77 bits per heavy atom. The van der Waals surface area contributed by atoms with E-state index in [2.05, 4.69) is 5.32 Å². The highest BCUT2D eigenvalue weighted by molar-refractivity contribution is 5.86. The standard InChI is InChI=1S/C25H20FN3O6/c26-20-14-17(8-11-21(20)30)24(35-25(32)28-18-9-6-16(15-27)7-10-18)22(12-13-23(31)29-33)34-19-4-2-1-3-5-19/h1-14,22,24,30,33H,(H,28,32)(H,29,31)/b13-12+/t22-,24-/m0/s1. The van der Waals surface area contributed by atoms with Gasteiger partial charge in [-0.25, -0.2) is 14.7 Å². The molecule has 0 spiro atoms. The van der Waals surface area contributed by atoms with Crippen LogP contribution in [0.2, 0.25) is 0 Å². The maximum Gasteiger partial charge on any atom is 0.412 e. The number of phenolic OH excluding ortho intramolecular Hbond substituents is 1. The molecular formula is C25H20FN3O6. The number of nitriles is 1. The molecule has 4 N–H and O–H groups in total. The number of aromatic hydroxyl groups is 1. The fourth-order valence-corrected chi connectivity index (χ4v) is 2.99. The van der Waals surface area contributed by atoms with Gasteiger partial charge in [-0.15, -0.1) is 0 Å². The number of benzene rings is 3. The Balaban J connectivity index is 1.94. The molecule has 0 bridgehead atoms. The van der Waals surface area contributed by atoms with Crippen LogP contribution in [-0.4, -0.2) is 28.4 Å². The van der Waals surface area contributed by atoms with Gasteiger partial charge in [0.1, 0.15) is 5.75 Å². The monoisotopic (exact) mass is 477 g/mol. The second-order valence-corrected chi connectivity index (χ2v) is 7.08. The summed E-state index contributed by atoms with van der Waals surface area (Å²) in [6.07, 6.45) is -1.21. The number of phenols is 1. The van der Waals surface area contributed by atoms with E-state index in [4.69, 9.17) is 19.9 Å². The first kappa shape index (κ1) is 24.8. The summed E-state index contributed by atoms with van der Waals surface area (Å²) in [5, 5.41) is 29.8. The van der Waals surface area contributed by atoms with E-state index in [0.717, 1.165) is 18.2 Å². The molecule has 0 aliphatic heterocycles. The average Bonchev–Trinajstić information content (AvgIpc) is 2.87. The van der Waals surface area contributed by atoms with Gasteiger partial charge in [-0.1, -0.05) is 24.3 Å². The third-order valence-electron chi connectivity index (χ3n) is 4.66. The van der Waals surface area contributed by atoms with Crippen LogP contribution >= 0.6 is 0 Å². The lowest BCUT2D eigenvalue weighted by atomic mass is 10.0. The summed E-state index contributed by atoms with van der Waals surface area (Å²) < 4.78 is 25.6. The topological polar surface area (TPSA) is 141 Å². The number of carbonyl (C=O) groups excluding carboxylic acids is 2. The van der Waals surface area contributed by atoms with Gasteiger partial charge in [-0.05, 0) is 60.2 Å². The van der Waals surface area contributed by atoms with Crippen molar-refractivity contribution < 1.29 is 33.8 Å². The van der Waals surface area contributed by atoms with Crippen molar-refractivity contribution in [3.63, 3.8) is 0 Å². The minimum absolute atomic E-state index is 0.116. The van der Waals surface area contributed by atoms with E-state index in [-0.39, 0.29) is 5.56 Å². The highest BCUT2D eigenvalue weighted by Crippen LogP contribution is 2.30. The van der Waals surface area contributed by atoms with Crippen LogP contribution in [0.3, 0.4) is 0 Å². The maximum absolute atomic E-state index is 14.2. The van der Waals surface area contributed by atoms with Crippen LogP contribution in [0.5, 0.6) is 11.5 Å². The Labute approximate surface area is 199 Å². The highest BCUT2D eigenvalue weighted by atomic mass is 19.1. The summed E-state index contributed by atoms with van der Waals surface area (Å²) in [6, 6.07) is 19.7. The Kier molecular flexibility index (Phi) is 8.37. The second-order valence-electron chi connectivity index (χ2n) is 7.08. The first-order valence-electron chi connectivity index (χ1n) is 10.2. The van der Waals surface area contributed by atoms with Gasteiger partial charge in [0.05, 0.1) is 11.6 Å². The summed E-state index contributed by atoms with van der Waals surface area (Å²) in [5.41, 5.74) is 2.29. The van der Waals surface area contributed by atoms with E-state index in [1.807, 2.05) is 6.07 Å². The Bertz CT molecular complexity index is 1240. The van der Waals surface area contributed by atoms with Crippen molar-refractivity contribution in [2.45, 2.75) is 12.2 Å². The first-order chi connectivity index (χ1) is 16.9. The number of amides is 2. The number of para-hydroxylation sites is 1. The summed E-state index contributed by atoms with van der Waals surface area (Å²) in [4.78, 5) is 24.3. The zero-order valence-electron chi connectivity index (χ0n) is 18.1. The number of hydrogen-bond donors (Lipinski definition) is 4. The molecule has 0 fully saturated rings. The van der Waals surface area contributed by atoms with Crippen LogP contribution in [0.1, 0.15) is 17.2 Å². The molecule has 35 heavy (non-hydrogen) atoms. The largest absolute Gasteiger partial charge is 0.505 e. The van der Waals surface area contributed by atoms with Crippen molar-refractivity contribution in [2.75, 3.05) is 5.32 Å². The minimum atomic E-state index is -1.30.